The van der Waals surface area contributed by atoms with E-state index < -0.39 is 0 Å². The first-order valence-electron chi connectivity index (χ1n) is 6.42. The van der Waals surface area contributed by atoms with Crippen molar-refractivity contribution < 1.29 is 4.74 Å². The summed E-state index contributed by atoms with van der Waals surface area (Å²) in [5.41, 5.74) is 7.56. The van der Waals surface area contributed by atoms with Crippen LogP contribution in [0.1, 0.15) is 25.2 Å². The highest BCUT2D eigenvalue weighted by atomic mass is 16.5. The molecule has 0 atom stereocenters. The van der Waals surface area contributed by atoms with E-state index in [2.05, 4.69) is 23.9 Å². The van der Waals surface area contributed by atoms with Crippen molar-refractivity contribution in [3.05, 3.63) is 35.9 Å². The van der Waals surface area contributed by atoms with Gasteiger partial charge < -0.3 is 10.5 Å². The number of aromatic nitrogens is 3. The highest BCUT2D eigenvalue weighted by Crippen LogP contribution is 2.19. The molecule has 0 aliphatic heterocycles. The summed E-state index contributed by atoms with van der Waals surface area (Å²) in [6.07, 6.45) is 1.56. The molecule has 5 nitrogen and oxygen atoms in total. The lowest BCUT2D eigenvalue weighted by molar-refractivity contribution is 0.282. The number of aryl methyl sites for hydroxylation is 1. The van der Waals surface area contributed by atoms with Crippen LogP contribution in [0.2, 0.25) is 0 Å². The summed E-state index contributed by atoms with van der Waals surface area (Å²) < 4.78 is 7.61. The number of ether oxygens (including phenoxy) is 1. The van der Waals surface area contributed by atoms with Crippen molar-refractivity contribution in [1.82, 2.24) is 14.8 Å². The van der Waals surface area contributed by atoms with Crippen molar-refractivity contribution in [3.63, 3.8) is 0 Å². The van der Waals surface area contributed by atoms with Gasteiger partial charge in [0.25, 0.3) is 0 Å². The van der Waals surface area contributed by atoms with E-state index in [1.165, 1.54) is 0 Å². The van der Waals surface area contributed by atoms with E-state index in [1.807, 2.05) is 29.8 Å². The smallest absolute Gasteiger partial charge is 0.164 e. The first-order valence-corrected chi connectivity index (χ1v) is 6.42. The van der Waals surface area contributed by atoms with Crippen molar-refractivity contribution >= 4 is 5.69 Å². The highest BCUT2D eigenvalue weighted by Gasteiger charge is 2.07. The Labute approximate surface area is 113 Å². The van der Waals surface area contributed by atoms with E-state index in [-0.39, 0.29) is 0 Å². The number of anilines is 1. The first kappa shape index (κ1) is 13.4. The molecular weight excluding hydrogens is 240 g/mol. The highest BCUT2D eigenvalue weighted by molar-refractivity contribution is 5.49. The molecule has 0 bridgehead atoms. The van der Waals surface area contributed by atoms with Crippen molar-refractivity contribution in [1.29, 1.82) is 0 Å². The molecule has 0 spiro atoms. The number of nitrogens with two attached hydrogens (primary N) is 1. The van der Waals surface area contributed by atoms with Gasteiger partial charge >= 0.3 is 0 Å². The summed E-state index contributed by atoms with van der Waals surface area (Å²) in [6.45, 7) is 7.52. The second kappa shape index (κ2) is 5.73. The minimum absolute atomic E-state index is 0.413. The zero-order valence-electron chi connectivity index (χ0n) is 11.6. The molecule has 102 valence electrons. The maximum atomic E-state index is 5.78. The summed E-state index contributed by atoms with van der Waals surface area (Å²) in [7, 11) is 0. The molecule has 5 heteroatoms. The SMILES string of the molecule is Cc1cc(OCc2ncnn2CC(C)C)ccc1N. The van der Waals surface area contributed by atoms with Crippen LogP contribution in [0.25, 0.3) is 0 Å². The van der Waals surface area contributed by atoms with E-state index in [4.69, 9.17) is 10.5 Å². The van der Waals surface area contributed by atoms with Gasteiger partial charge in [0.05, 0.1) is 0 Å². The number of hydrogen-bond acceptors (Lipinski definition) is 4. The maximum absolute atomic E-state index is 5.78. The lowest BCUT2D eigenvalue weighted by Crippen LogP contribution is -2.12. The lowest BCUT2D eigenvalue weighted by Gasteiger charge is -2.10. The molecule has 0 aliphatic carbocycles. The average Bonchev–Trinajstić information content (AvgIpc) is 2.77. The zero-order valence-corrected chi connectivity index (χ0v) is 11.6. The van der Waals surface area contributed by atoms with Gasteiger partial charge in [0.15, 0.2) is 5.82 Å². The second-order valence-corrected chi connectivity index (χ2v) is 5.06. The van der Waals surface area contributed by atoms with Crippen LogP contribution in [-0.2, 0) is 13.2 Å². The molecule has 1 heterocycles. The number of hydrogen-bond donors (Lipinski definition) is 1. The third-order valence-corrected chi connectivity index (χ3v) is 2.84. The number of benzene rings is 1. The predicted octanol–water partition coefficient (Wildman–Crippen LogP) is 2.40. The van der Waals surface area contributed by atoms with Crippen LogP contribution in [-0.4, -0.2) is 14.8 Å². The fourth-order valence-corrected chi connectivity index (χ4v) is 1.78. The summed E-state index contributed by atoms with van der Waals surface area (Å²) in [5.74, 6) is 2.16. The normalized spacial score (nSPS) is 10.9. The number of rotatable bonds is 5. The van der Waals surface area contributed by atoms with Crippen LogP contribution in [0.4, 0.5) is 5.69 Å². The molecule has 2 aromatic rings. The van der Waals surface area contributed by atoms with Gasteiger partial charge in [-0.15, -0.1) is 0 Å². The standard InChI is InChI=1S/C14H20N4O/c1-10(2)7-18-14(16-9-17-18)8-19-12-4-5-13(15)11(3)6-12/h4-6,9-10H,7-8,15H2,1-3H3. The van der Waals surface area contributed by atoms with Gasteiger partial charge in [-0.1, -0.05) is 13.8 Å². The van der Waals surface area contributed by atoms with Gasteiger partial charge in [-0.05, 0) is 36.6 Å². The second-order valence-electron chi connectivity index (χ2n) is 5.06. The van der Waals surface area contributed by atoms with Crippen LogP contribution in [0.15, 0.2) is 24.5 Å². The monoisotopic (exact) mass is 260 g/mol. The molecule has 0 radical (unpaired) electrons. The summed E-state index contributed by atoms with van der Waals surface area (Å²) in [4.78, 5) is 4.23. The van der Waals surface area contributed by atoms with Crippen LogP contribution in [0.5, 0.6) is 5.75 Å². The summed E-state index contributed by atoms with van der Waals surface area (Å²) in [6, 6.07) is 5.65. The lowest BCUT2D eigenvalue weighted by atomic mass is 10.2. The molecule has 1 aromatic carbocycles. The molecule has 0 aliphatic rings. The van der Waals surface area contributed by atoms with Crippen LogP contribution < -0.4 is 10.5 Å². The minimum atomic E-state index is 0.413. The largest absolute Gasteiger partial charge is 0.486 e. The van der Waals surface area contributed by atoms with Crippen molar-refractivity contribution in [3.8, 4) is 5.75 Å². The van der Waals surface area contributed by atoms with E-state index in [1.54, 1.807) is 6.33 Å². The average molecular weight is 260 g/mol. The molecule has 19 heavy (non-hydrogen) atoms. The Morgan fingerprint density at radius 3 is 2.84 bits per heavy atom. The summed E-state index contributed by atoms with van der Waals surface area (Å²) >= 11 is 0. The third kappa shape index (κ3) is 3.47. The van der Waals surface area contributed by atoms with Gasteiger partial charge in [-0.25, -0.2) is 9.67 Å². The predicted molar refractivity (Wildman–Crippen MR) is 74.8 cm³/mol. The number of nitrogens with zero attached hydrogens (tertiary/aromatic N) is 3. The fraction of sp³-hybridized carbons (Fsp3) is 0.429. The Morgan fingerprint density at radius 1 is 1.37 bits per heavy atom. The molecule has 0 unspecified atom stereocenters. The Bertz CT molecular complexity index is 548. The van der Waals surface area contributed by atoms with E-state index in [0.29, 0.717) is 12.5 Å². The van der Waals surface area contributed by atoms with E-state index in [0.717, 1.165) is 29.4 Å². The van der Waals surface area contributed by atoms with E-state index >= 15 is 0 Å². The molecule has 0 saturated heterocycles. The van der Waals surface area contributed by atoms with Gasteiger partial charge in [-0.3, -0.25) is 0 Å². The first-order chi connectivity index (χ1) is 9.06. The summed E-state index contributed by atoms with van der Waals surface area (Å²) in [5, 5.41) is 4.21. The Morgan fingerprint density at radius 2 is 2.16 bits per heavy atom. The topological polar surface area (TPSA) is 66.0 Å². The molecule has 2 N–H and O–H groups in total. The molecule has 0 fully saturated rings. The number of nitrogen functional groups attached to an aromatic ring is 1. The van der Waals surface area contributed by atoms with Crippen LogP contribution >= 0.6 is 0 Å². The van der Waals surface area contributed by atoms with Gasteiger partial charge in [0.2, 0.25) is 0 Å². The molecular formula is C14H20N4O. The fourth-order valence-electron chi connectivity index (χ4n) is 1.78. The van der Waals surface area contributed by atoms with Crippen molar-refractivity contribution in [2.24, 2.45) is 5.92 Å². The van der Waals surface area contributed by atoms with Gasteiger partial charge in [0, 0.05) is 12.2 Å². The maximum Gasteiger partial charge on any atom is 0.164 e. The molecule has 0 amide bonds. The Hall–Kier alpha value is -2.04. The van der Waals surface area contributed by atoms with Gasteiger partial charge in [0.1, 0.15) is 18.7 Å². The van der Waals surface area contributed by atoms with E-state index in [9.17, 15) is 0 Å². The minimum Gasteiger partial charge on any atom is -0.486 e. The molecule has 0 saturated carbocycles. The Balaban J connectivity index is 2.02. The zero-order chi connectivity index (χ0) is 13.8. The van der Waals surface area contributed by atoms with Crippen molar-refractivity contribution in [2.75, 3.05) is 5.73 Å². The van der Waals surface area contributed by atoms with Gasteiger partial charge in [-0.2, -0.15) is 5.10 Å². The molecule has 1 aromatic heterocycles. The van der Waals surface area contributed by atoms with Crippen molar-refractivity contribution in [2.45, 2.75) is 33.9 Å². The third-order valence-electron chi connectivity index (χ3n) is 2.84. The Kier molecular flexibility index (Phi) is 4.04. The van der Waals surface area contributed by atoms with Crippen LogP contribution in [0, 0.1) is 12.8 Å². The van der Waals surface area contributed by atoms with Crippen LogP contribution in [0.3, 0.4) is 0 Å². The molecule has 2 rings (SSSR count). The quantitative estimate of drug-likeness (QED) is 0.838.